The van der Waals surface area contributed by atoms with Crippen LogP contribution >= 0.6 is 23.2 Å². The van der Waals surface area contributed by atoms with Gasteiger partial charge in [-0.1, -0.05) is 23.2 Å². The van der Waals surface area contributed by atoms with E-state index in [1.807, 2.05) is 17.0 Å². The first-order valence-corrected chi connectivity index (χ1v) is 8.51. The predicted molar refractivity (Wildman–Crippen MR) is 95.2 cm³/mol. The van der Waals surface area contributed by atoms with Crippen LogP contribution in [0.15, 0.2) is 30.3 Å². The first kappa shape index (κ1) is 15.5. The summed E-state index contributed by atoms with van der Waals surface area (Å²) in [5, 5.41) is 3.71. The monoisotopic (exact) mass is 360 g/mol. The summed E-state index contributed by atoms with van der Waals surface area (Å²) < 4.78 is 0. The molecule has 0 radical (unpaired) electrons. The lowest BCUT2D eigenvalue weighted by molar-refractivity contribution is -0.118. The average molecular weight is 361 g/mol. The third-order valence-corrected chi connectivity index (χ3v) is 5.05. The quantitative estimate of drug-likeness (QED) is 0.876. The first-order chi connectivity index (χ1) is 11.5. The van der Waals surface area contributed by atoms with Crippen LogP contribution in [0.3, 0.4) is 0 Å². The lowest BCUT2D eigenvalue weighted by atomic mass is 9.98. The van der Waals surface area contributed by atoms with Crippen LogP contribution < -0.4 is 10.2 Å². The largest absolute Gasteiger partial charge is 0.322 e. The van der Waals surface area contributed by atoms with E-state index < -0.39 is 0 Å². The van der Waals surface area contributed by atoms with Gasteiger partial charge in [0.05, 0.1) is 16.3 Å². The molecule has 6 heteroatoms. The third kappa shape index (κ3) is 2.56. The summed E-state index contributed by atoms with van der Waals surface area (Å²) in [6.07, 6.45) is 2.04. The van der Waals surface area contributed by atoms with Crippen molar-refractivity contribution in [3.63, 3.8) is 0 Å². The predicted octanol–water partition coefficient (Wildman–Crippen LogP) is 4.08. The molecule has 24 heavy (non-hydrogen) atoms. The molecule has 122 valence electrons. The minimum absolute atomic E-state index is 0.184. The Morgan fingerprint density at radius 2 is 1.79 bits per heavy atom. The molecule has 0 fully saturated rings. The second-order valence-corrected chi connectivity index (χ2v) is 6.86. The highest BCUT2D eigenvalue weighted by Crippen LogP contribution is 2.38. The van der Waals surface area contributed by atoms with Crippen molar-refractivity contribution < 1.29 is 9.59 Å². The van der Waals surface area contributed by atoms with Gasteiger partial charge in [-0.3, -0.25) is 9.59 Å². The minimum Gasteiger partial charge on any atom is -0.322 e. The average Bonchev–Trinajstić information content (AvgIpc) is 2.98. The van der Waals surface area contributed by atoms with E-state index >= 15 is 0 Å². The molecule has 2 aromatic rings. The zero-order valence-corrected chi connectivity index (χ0v) is 14.2. The van der Waals surface area contributed by atoms with Gasteiger partial charge in [-0.2, -0.15) is 0 Å². The van der Waals surface area contributed by atoms with E-state index in [4.69, 9.17) is 23.2 Å². The Balaban J connectivity index is 1.66. The Labute approximate surface area is 149 Å². The molecule has 0 spiro atoms. The van der Waals surface area contributed by atoms with Crippen LogP contribution in [0.2, 0.25) is 10.0 Å². The van der Waals surface area contributed by atoms with Crippen molar-refractivity contribution in [1.29, 1.82) is 0 Å². The summed E-state index contributed by atoms with van der Waals surface area (Å²) >= 11 is 12.0. The maximum atomic E-state index is 12.5. The number of nitrogens with zero attached hydrogens (tertiary/aromatic N) is 1. The number of anilines is 2. The number of rotatable bonds is 2. The van der Waals surface area contributed by atoms with Gasteiger partial charge in [-0.15, -0.1) is 0 Å². The standard InChI is InChI=1S/C18H14Cl2N2O2/c19-12-2-3-15(20)14(9-12)18(24)21-13-7-10-1-4-16(23)22-6-5-11(8-13)17(10)22/h2-3,7-9H,1,4-6H2,(H,21,24). The lowest BCUT2D eigenvalue weighted by Crippen LogP contribution is -2.32. The summed E-state index contributed by atoms with van der Waals surface area (Å²) in [5.74, 6) is -0.111. The topological polar surface area (TPSA) is 49.4 Å². The van der Waals surface area contributed by atoms with Crippen molar-refractivity contribution in [3.05, 3.63) is 57.1 Å². The normalized spacial score (nSPS) is 15.4. The van der Waals surface area contributed by atoms with Crippen LogP contribution in [0, 0.1) is 0 Å². The zero-order chi connectivity index (χ0) is 16.8. The molecule has 0 saturated heterocycles. The Morgan fingerprint density at radius 3 is 2.58 bits per heavy atom. The Kier molecular flexibility index (Phi) is 3.74. The van der Waals surface area contributed by atoms with Gasteiger partial charge in [-0.25, -0.2) is 0 Å². The number of aryl methyl sites for hydroxylation is 1. The van der Waals surface area contributed by atoms with Gasteiger partial charge >= 0.3 is 0 Å². The summed E-state index contributed by atoms with van der Waals surface area (Å²) in [4.78, 5) is 26.3. The van der Waals surface area contributed by atoms with E-state index in [9.17, 15) is 9.59 Å². The Bertz CT molecular complexity index is 880. The Hall–Kier alpha value is -2.04. The SMILES string of the molecule is O=C(Nc1cc2c3c(c1)CCN3C(=O)CC2)c1cc(Cl)ccc1Cl. The summed E-state index contributed by atoms with van der Waals surface area (Å²) in [5.41, 5.74) is 4.31. The van der Waals surface area contributed by atoms with Crippen molar-refractivity contribution in [2.75, 3.05) is 16.8 Å². The highest BCUT2D eigenvalue weighted by Gasteiger charge is 2.31. The molecular formula is C18H14Cl2N2O2. The number of hydrogen-bond acceptors (Lipinski definition) is 2. The number of nitrogens with one attached hydrogen (secondary N) is 1. The molecule has 0 unspecified atom stereocenters. The molecule has 2 aliphatic rings. The van der Waals surface area contributed by atoms with Crippen LogP contribution in [0.4, 0.5) is 11.4 Å². The molecule has 0 saturated carbocycles. The molecule has 0 bridgehead atoms. The summed E-state index contributed by atoms with van der Waals surface area (Å²) in [6, 6.07) is 8.69. The Morgan fingerprint density at radius 1 is 1.04 bits per heavy atom. The number of halogens is 2. The van der Waals surface area contributed by atoms with E-state index in [0.29, 0.717) is 28.5 Å². The van der Waals surface area contributed by atoms with Crippen LogP contribution in [0.5, 0.6) is 0 Å². The molecule has 2 aliphatic heterocycles. The number of hydrogen-bond donors (Lipinski definition) is 1. The van der Waals surface area contributed by atoms with Gasteiger partial charge in [0.25, 0.3) is 5.91 Å². The molecule has 0 aromatic heterocycles. The number of carbonyl (C=O) groups excluding carboxylic acids is 2. The zero-order valence-electron chi connectivity index (χ0n) is 12.7. The van der Waals surface area contributed by atoms with Gasteiger partial charge in [0.2, 0.25) is 5.91 Å². The maximum absolute atomic E-state index is 12.5. The van der Waals surface area contributed by atoms with E-state index in [2.05, 4.69) is 5.32 Å². The molecule has 0 aliphatic carbocycles. The van der Waals surface area contributed by atoms with Crippen molar-refractivity contribution in [1.82, 2.24) is 0 Å². The van der Waals surface area contributed by atoms with Gasteiger partial charge < -0.3 is 10.2 Å². The van der Waals surface area contributed by atoms with Crippen LogP contribution in [-0.2, 0) is 17.6 Å². The van der Waals surface area contributed by atoms with Crippen LogP contribution in [0.25, 0.3) is 0 Å². The number of carbonyl (C=O) groups is 2. The fraction of sp³-hybridized carbons (Fsp3) is 0.222. The summed E-state index contributed by atoms with van der Waals surface area (Å²) in [6.45, 7) is 0.721. The van der Waals surface area contributed by atoms with Gasteiger partial charge in [-0.05, 0) is 54.3 Å². The second kappa shape index (κ2) is 5.80. The van der Waals surface area contributed by atoms with Gasteiger partial charge in [0.1, 0.15) is 0 Å². The first-order valence-electron chi connectivity index (χ1n) is 7.75. The lowest BCUT2D eigenvalue weighted by Gasteiger charge is -2.25. The molecular weight excluding hydrogens is 347 g/mol. The molecule has 2 amide bonds. The molecule has 1 N–H and O–H groups in total. The minimum atomic E-state index is -0.295. The van der Waals surface area contributed by atoms with Crippen LogP contribution in [0.1, 0.15) is 27.9 Å². The van der Waals surface area contributed by atoms with Gasteiger partial charge in [0, 0.05) is 23.7 Å². The number of benzene rings is 2. The molecule has 2 aromatic carbocycles. The molecule has 0 atom stereocenters. The van der Waals surface area contributed by atoms with E-state index in [1.165, 1.54) is 0 Å². The molecule has 4 rings (SSSR count). The highest BCUT2D eigenvalue weighted by atomic mass is 35.5. The van der Waals surface area contributed by atoms with E-state index in [0.717, 1.165) is 35.5 Å². The summed E-state index contributed by atoms with van der Waals surface area (Å²) in [7, 11) is 0. The van der Waals surface area contributed by atoms with Crippen molar-refractivity contribution in [2.24, 2.45) is 0 Å². The van der Waals surface area contributed by atoms with Crippen molar-refractivity contribution in [2.45, 2.75) is 19.3 Å². The van der Waals surface area contributed by atoms with Crippen molar-refractivity contribution in [3.8, 4) is 0 Å². The second-order valence-electron chi connectivity index (χ2n) is 6.02. The smallest absolute Gasteiger partial charge is 0.257 e. The third-order valence-electron chi connectivity index (χ3n) is 4.48. The van der Waals surface area contributed by atoms with E-state index in [1.54, 1.807) is 18.2 Å². The maximum Gasteiger partial charge on any atom is 0.257 e. The molecule has 4 nitrogen and oxygen atoms in total. The fourth-order valence-corrected chi connectivity index (χ4v) is 3.78. The highest BCUT2D eigenvalue weighted by molar-refractivity contribution is 6.36. The van der Waals surface area contributed by atoms with Gasteiger partial charge in [0.15, 0.2) is 0 Å². The number of amides is 2. The van der Waals surface area contributed by atoms with Crippen molar-refractivity contribution >= 4 is 46.4 Å². The molecule has 2 heterocycles. The fourth-order valence-electron chi connectivity index (χ4n) is 3.40. The van der Waals surface area contributed by atoms with Crippen LogP contribution in [-0.4, -0.2) is 18.4 Å². The van der Waals surface area contributed by atoms with E-state index in [-0.39, 0.29) is 11.8 Å².